The number of carbonyl (C=O) groups excluding carboxylic acids is 1. The number of hydrogen-bond acceptors (Lipinski definition) is 6. The minimum atomic E-state index is -0.414. The summed E-state index contributed by atoms with van der Waals surface area (Å²) in [6.07, 6.45) is 1.28. The molecule has 1 atom stereocenters. The normalized spacial score (nSPS) is 12.2. The number of carbonyl (C=O) groups is 1. The second kappa shape index (κ2) is 7.25. The molecule has 0 aliphatic rings. The maximum absolute atomic E-state index is 12.6. The lowest BCUT2D eigenvalue weighted by atomic mass is 10.0. The topological polar surface area (TPSA) is 78.1 Å². The molecule has 0 radical (unpaired) electrons. The highest BCUT2D eigenvalue weighted by Gasteiger charge is 2.23. The fourth-order valence-corrected chi connectivity index (χ4v) is 2.46. The average Bonchev–Trinajstić information content (AvgIpc) is 3.06. The number of esters is 1. The van der Waals surface area contributed by atoms with Gasteiger partial charge in [0.15, 0.2) is 0 Å². The summed E-state index contributed by atoms with van der Waals surface area (Å²) in [5.74, 6) is 0.526. The van der Waals surface area contributed by atoms with Gasteiger partial charge in [0.25, 0.3) is 0 Å². The van der Waals surface area contributed by atoms with Crippen molar-refractivity contribution in [3.63, 3.8) is 0 Å². The van der Waals surface area contributed by atoms with E-state index in [0.29, 0.717) is 22.9 Å². The highest BCUT2D eigenvalue weighted by Crippen LogP contribution is 2.26. The van der Waals surface area contributed by atoms with Gasteiger partial charge in [-0.05, 0) is 36.2 Å². The zero-order valence-corrected chi connectivity index (χ0v) is 14.3. The molecule has 2 aromatic heterocycles. The molecule has 0 fully saturated rings. The Labute approximate surface area is 145 Å². The lowest BCUT2D eigenvalue weighted by molar-refractivity contribution is 0.0164. The lowest BCUT2D eigenvalue weighted by Gasteiger charge is -2.21. The Morgan fingerprint density at radius 3 is 2.60 bits per heavy atom. The Hall–Kier alpha value is -3.02. The van der Waals surface area contributed by atoms with Crippen LogP contribution in [0.1, 0.15) is 41.9 Å². The van der Waals surface area contributed by atoms with E-state index in [1.54, 1.807) is 31.3 Å². The smallest absolute Gasteiger partial charge is 0.338 e. The molecule has 6 heteroatoms. The molecule has 0 bridgehead atoms. The molecule has 0 saturated carbocycles. The van der Waals surface area contributed by atoms with E-state index in [-0.39, 0.29) is 5.92 Å². The number of benzene rings is 1. The Bertz CT molecular complexity index is 859. The first kappa shape index (κ1) is 16.8. The van der Waals surface area contributed by atoms with E-state index in [9.17, 15) is 4.79 Å². The van der Waals surface area contributed by atoms with Crippen molar-refractivity contribution in [3.05, 3.63) is 65.8 Å². The van der Waals surface area contributed by atoms with Gasteiger partial charge in [0, 0.05) is 18.7 Å². The summed E-state index contributed by atoms with van der Waals surface area (Å²) < 4.78 is 11.1. The second-order valence-electron chi connectivity index (χ2n) is 6.03. The monoisotopic (exact) mass is 337 g/mol. The number of pyridine rings is 1. The molecular weight excluding hydrogens is 318 g/mol. The van der Waals surface area contributed by atoms with E-state index in [4.69, 9.17) is 9.15 Å². The molecule has 0 N–H and O–H groups in total. The zero-order valence-electron chi connectivity index (χ0n) is 14.3. The third-order valence-electron chi connectivity index (χ3n) is 3.69. The van der Waals surface area contributed by atoms with Crippen molar-refractivity contribution in [2.75, 3.05) is 0 Å². The summed E-state index contributed by atoms with van der Waals surface area (Å²) in [6, 6.07) is 12.5. The number of aromatic nitrogens is 3. The molecule has 0 saturated heterocycles. The van der Waals surface area contributed by atoms with E-state index in [2.05, 4.69) is 15.2 Å². The number of aryl methyl sites for hydroxylation is 1. The van der Waals surface area contributed by atoms with Crippen molar-refractivity contribution in [1.82, 2.24) is 15.2 Å². The zero-order chi connectivity index (χ0) is 17.8. The Kier molecular flexibility index (Phi) is 4.88. The van der Waals surface area contributed by atoms with Crippen LogP contribution in [-0.2, 0) is 4.74 Å². The lowest BCUT2D eigenvalue weighted by Crippen LogP contribution is -2.17. The Morgan fingerprint density at radius 2 is 1.96 bits per heavy atom. The van der Waals surface area contributed by atoms with Gasteiger partial charge in [0.2, 0.25) is 11.8 Å². The maximum Gasteiger partial charge on any atom is 0.338 e. The van der Waals surface area contributed by atoms with Crippen LogP contribution in [0.2, 0.25) is 0 Å². The van der Waals surface area contributed by atoms with Crippen LogP contribution in [-0.4, -0.2) is 21.2 Å². The van der Waals surface area contributed by atoms with Crippen LogP contribution in [0.5, 0.6) is 0 Å². The van der Waals surface area contributed by atoms with Gasteiger partial charge in [-0.3, -0.25) is 4.98 Å². The number of rotatable bonds is 5. The first-order chi connectivity index (χ1) is 12.0. The predicted octanol–water partition coefficient (Wildman–Crippen LogP) is 3.99. The van der Waals surface area contributed by atoms with Crippen LogP contribution in [0.3, 0.4) is 0 Å². The van der Waals surface area contributed by atoms with E-state index in [0.717, 1.165) is 5.69 Å². The third kappa shape index (κ3) is 3.91. The average molecular weight is 337 g/mol. The van der Waals surface area contributed by atoms with Gasteiger partial charge in [-0.2, -0.15) is 0 Å². The van der Waals surface area contributed by atoms with Gasteiger partial charge in [0.05, 0.1) is 11.3 Å². The van der Waals surface area contributed by atoms with Gasteiger partial charge in [-0.15, -0.1) is 10.2 Å². The van der Waals surface area contributed by atoms with Crippen molar-refractivity contribution in [2.24, 2.45) is 5.92 Å². The molecule has 0 unspecified atom stereocenters. The second-order valence-corrected chi connectivity index (χ2v) is 6.03. The Balaban J connectivity index is 1.83. The van der Waals surface area contributed by atoms with Crippen LogP contribution >= 0.6 is 0 Å². The number of ether oxygens (including phenoxy) is 1. The molecule has 1 aromatic carbocycles. The van der Waals surface area contributed by atoms with E-state index < -0.39 is 12.1 Å². The highest BCUT2D eigenvalue weighted by molar-refractivity contribution is 5.90. The predicted molar refractivity (Wildman–Crippen MR) is 91.7 cm³/mol. The highest BCUT2D eigenvalue weighted by atomic mass is 16.5. The van der Waals surface area contributed by atoms with Gasteiger partial charge >= 0.3 is 5.97 Å². The van der Waals surface area contributed by atoms with Crippen molar-refractivity contribution < 1.29 is 13.9 Å². The van der Waals surface area contributed by atoms with Crippen LogP contribution < -0.4 is 0 Å². The SMILES string of the molecule is Cc1nnc(-c2cccc(C(=O)O[C@H](c3ccccn3)C(C)C)c2)o1. The summed E-state index contributed by atoms with van der Waals surface area (Å²) >= 11 is 0. The molecule has 3 aromatic rings. The van der Waals surface area contributed by atoms with Gasteiger partial charge in [-0.1, -0.05) is 26.0 Å². The molecule has 0 spiro atoms. The maximum atomic E-state index is 12.6. The number of nitrogens with zero attached hydrogens (tertiary/aromatic N) is 3. The minimum Gasteiger partial charge on any atom is -0.452 e. The van der Waals surface area contributed by atoms with Crippen molar-refractivity contribution >= 4 is 5.97 Å². The molecule has 0 amide bonds. The molecule has 128 valence electrons. The summed E-state index contributed by atoms with van der Waals surface area (Å²) in [6.45, 7) is 5.70. The summed E-state index contributed by atoms with van der Waals surface area (Å²) in [4.78, 5) is 16.9. The molecule has 3 rings (SSSR count). The minimum absolute atomic E-state index is 0.0978. The van der Waals surface area contributed by atoms with Crippen molar-refractivity contribution in [1.29, 1.82) is 0 Å². The largest absolute Gasteiger partial charge is 0.452 e. The molecular formula is C19H19N3O3. The van der Waals surface area contributed by atoms with Gasteiger partial charge in [0.1, 0.15) is 6.10 Å². The summed E-state index contributed by atoms with van der Waals surface area (Å²) in [7, 11) is 0. The standard InChI is InChI=1S/C19H19N3O3/c1-12(2)17(16-9-4-5-10-20-16)25-19(23)15-8-6-7-14(11-15)18-22-21-13(3)24-18/h4-12,17H,1-3H3/t17-/m0/s1. The fourth-order valence-electron chi connectivity index (χ4n) is 2.46. The quantitative estimate of drug-likeness (QED) is 0.655. The first-order valence-corrected chi connectivity index (χ1v) is 8.07. The van der Waals surface area contributed by atoms with Gasteiger partial charge < -0.3 is 9.15 Å². The van der Waals surface area contributed by atoms with Crippen molar-refractivity contribution in [3.8, 4) is 11.5 Å². The van der Waals surface area contributed by atoms with Crippen molar-refractivity contribution in [2.45, 2.75) is 26.9 Å². The molecule has 0 aliphatic heterocycles. The first-order valence-electron chi connectivity index (χ1n) is 8.07. The van der Waals surface area contributed by atoms with Gasteiger partial charge in [-0.25, -0.2) is 4.79 Å². The molecule has 2 heterocycles. The molecule has 0 aliphatic carbocycles. The van der Waals surface area contributed by atoms with E-state index in [1.807, 2.05) is 38.1 Å². The summed E-state index contributed by atoms with van der Waals surface area (Å²) in [5, 5.41) is 7.78. The van der Waals surface area contributed by atoms with Crippen LogP contribution in [0, 0.1) is 12.8 Å². The fraction of sp³-hybridized carbons (Fsp3) is 0.263. The molecule has 25 heavy (non-hydrogen) atoms. The number of hydrogen-bond donors (Lipinski definition) is 0. The molecule has 6 nitrogen and oxygen atoms in total. The van der Waals surface area contributed by atoms with Crippen LogP contribution in [0.15, 0.2) is 53.1 Å². The van der Waals surface area contributed by atoms with E-state index >= 15 is 0 Å². The van der Waals surface area contributed by atoms with E-state index in [1.165, 1.54) is 0 Å². The van der Waals surface area contributed by atoms with Crippen LogP contribution in [0.25, 0.3) is 11.5 Å². The summed E-state index contributed by atoms with van der Waals surface area (Å²) in [5.41, 5.74) is 1.83. The van der Waals surface area contributed by atoms with Crippen LogP contribution in [0.4, 0.5) is 0 Å². The third-order valence-corrected chi connectivity index (χ3v) is 3.69. The Morgan fingerprint density at radius 1 is 1.12 bits per heavy atom.